The van der Waals surface area contributed by atoms with Crippen LogP contribution in [0.15, 0.2) is 22.7 Å². The number of nitrogens with one attached hydrogen (secondary N) is 1. The van der Waals surface area contributed by atoms with E-state index >= 15 is 0 Å². The zero-order chi connectivity index (χ0) is 19.9. The summed E-state index contributed by atoms with van der Waals surface area (Å²) in [5.41, 5.74) is 0.240. The van der Waals surface area contributed by atoms with Crippen LogP contribution < -0.4 is 5.32 Å². The van der Waals surface area contributed by atoms with Crippen LogP contribution in [0.5, 0.6) is 0 Å². The van der Waals surface area contributed by atoms with Crippen molar-refractivity contribution in [3.8, 4) is 0 Å². The number of hydrogen-bond acceptors (Lipinski definition) is 3. The standard InChI is InChI=1S/C21H29BrFN3O2/c22-19-7-6-17(23)14-18(19)21(28)24-9-8-20(27)26-12-10-25(11-13-26)15-16-4-2-1-3-5-16/h6-7,14,16H,1-5,8-13,15H2,(H,24,28). The van der Waals surface area contributed by atoms with Crippen molar-refractivity contribution in [2.75, 3.05) is 39.3 Å². The quantitative estimate of drug-likeness (QED) is 0.717. The van der Waals surface area contributed by atoms with E-state index in [2.05, 4.69) is 26.1 Å². The van der Waals surface area contributed by atoms with Gasteiger partial charge in [-0.1, -0.05) is 19.3 Å². The molecule has 0 spiro atoms. The molecular weight excluding hydrogens is 425 g/mol. The van der Waals surface area contributed by atoms with E-state index in [1.807, 2.05) is 4.90 Å². The molecule has 2 aliphatic rings. The average molecular weight is 454 g/mol. The van der Waals surface area contributed by atoms with Crippen LogP contribution in [0.3, 0.4) is 0 Å². The minimum atomic E-state index is -0.462. The molecule has 5 nitrogen and oxygen atoms in total. The Hall–Kier alpha value is -1.47. The van der Waals surface area contributed by atoms with Crippen LogP contribution in [-0.4, -0.2) is 60.9 Å². The molecule has 1 aromatic rings. The van der Waals surface area contributed by atoms with Gasteiger partial charge in [0.05, 0.1) is 5.56 Å². The highest BCUT2D eigenvalue weighted by Gasteiger charge is 2.23. The maximum absolute atomic E-state index is 13.3. The van der Waals surface area contributed by atoms with Gasteiger partial charge in [-0.25, -0.2) is 4.39 Å². The van der Waals surface area contributed by atoms with E-state index in [0.29, 0.717) is 4.47 Å². The van der Waals surface area contributed by atoms with Gasteiger partial charge in [0.2, 0.25) is 5.91 Å². The summed E-state index contributed by atoms with van der Waals surface area (Å²) in [6, 6.07) is 3.98. The molecule has 1 saturated carbocycles. The summed E-state index contributed by atoms with van der Waals surface area (Å²) in [4.78, 5) is 29.0. The fourth-order valence-electron chi connectivity index (χ4n) is 4.12. The van der Waals surface area contributed by atoms with Crippen LogP contribution in [0, 0.1) is 11.7 Å². The summed E-state index contributed by atoms with van der Waals surface area (Å²) in [6.07, 6.45) is 7.06. The van der Waals surface area contributed by atoms with Crippen molar-refractivity contribution in [1.82, 2.24) is 15.1 Å². The molecule has 2 amide bonds. The van der Waals surface area contributed by atoms with E-state index < -0.39 is 5.82 Å². The van der Waals surface area contributed by atoms with Crippen LogP contribution in [0.25, 0.3) is 0 Å². The van der Waals surface area contributed by atoms with Crippen molar-refractivity contribution in [2.24, 2.45) is 5.92 Å². The van der Waals surface area contributed by atoms with E-state index in [9.17, 15) is 14.0 Å². The fraction of sp³-hybridized carbons (Fsp3) is 0.619. The van der Waals surface area contributed by atoms with E-state index in [-0.39, 0.29) is 30.3 Å². The topological polar surface area (TPSA) is 52.7 Å². The molecule has 1 N–H and O–H groups in total. The Balaban J connectivity index is 1.36. The largest absolute Gasteiger partial charge is 0.351 e. The van der Waals surface area contributed by atoms with Gasteiger partial charge < -0.3 is 10.2 Å². The number of carbonyl (C=O) groups is 2. The lowest BCUT2D eigenvalue weighted by Gasteiger charge is -2.37. The third-order valence-electron chi connectivity index (χ3n) is 5.76. The molecule has 28 heavy (non-hydrogen) atoms. The van der Waals surface area contributed by atoms with Crippen LogP contribution in [-0.2, 0) is 4.79 Å². The van der Waals surface area contributed by atoms with Gasteiger partial charge in [0.1, 0.15) is 5.82 Å². The molecular formula is C21H29BrFN3O2. The van der Waals surface area contributed by atoms with Crippen molar-refractivity contribution >= 4 is 27.7 Å². The predicted octanol–water partition coefficient (Wildman–Crippen LogP) is 3.43. The summed E-state index contributed by atoms with van der Waals surface area (Å²) < 4.78 is 13.8. The van der Waals surface area contributed by atoms with Gasteiger partial charge in [-0.3, -0.25) is 14.5 Å². The van der Waals surface area contributed by atoms with E-state index in [1.165, 1.54) is 56.8 Å². The first-order valence-electron chi connectivity index (χ1n) is 10.3. The first kappa shape index (κ1) is 21.2. The first-order valence-corrected chi connectivity index (χ1v) is 11.1. The molecule has 3 rings (SSSR count). The minimum Gasteiger partial charge on any atom is -0.351 e. The van der Waals surface area contributed by atoms with Crippen molar-refractivity contribution in [2.45, 2.75) is 38.5 Å². The van der Waals surface area contributed by atoms with Crippen molar-refractivity contribution in [3.63, 3.8) is 0 Å². The number of amides is 2. The summed E-state index contributed by atoms with van der Waals surface area (Å²) in [7, 11) is 0. The molecule has 154 valence electrons. The van der Waals surface area contributed by atoms with Crippen molar-refractivity contribution in [1.29, 1.82) is 0 Å². The number of nitrogens with zero attached hydrogens (tertiary/aromatic N) is 2. The Labute approximate surface area is 174 Å². The summed E-state index contributed by atoms with van der Waals surface area (Å²) in [5, 5.41) is 2.71. The monoisotopic (exact) mass is 453 g/mol. The fourth-order valence-corrected chi connectivity index (χ4v) is 4.55. The van der Waals surface area contributed by atoms with Gasteiger partial charge >= 0.3 is 0 Å². The first-order chi connectivity index (χ1) is 13.5. The number of halogens is 2. The molecule has 1 aromatic carbocycles. The molecule has 1 aliphatic heterocycles. The van der Waals surface area contributed by atoms with Crippen LogP contribution in [0.1, 0.15) is 48.9 Å². The van der Waals surface area contributed by atoms with Crippen molar-refractivity contribution < 1.29 is 14.0 Å². The molecule has 0 atom stereocenters. The second-order valence-electron chi connectivity index (χ2n) is 7.82. The van der Waals surface area contributed by atoms with Crippen LogP contribution in [0.4, 0.5) is 4.39 Å². The Kier molecular flexibility index (Phi) is 7.85. The SMILES string of the molecule is O=C(NCCC(=O)N1CCN(CC2CCCCC2)CC1)c1cc(F)ccc1Br. The Morgan fingerprint density at radius 2 is 1.82 bits per heavy atom. The summed E-state index contributed by atoms with van der Waals surface area (Å²) in [5.74, 6) is 0.0521. The Morgan fingerprint density at radius 3 is 2.54 bits per heavy atom. The van der Waals surface area contributed by atoms with E-state index in [1.54, 1.807) is 0 Å². The summed E-state index contributed by atoms with van der Waals surface area (Å²) >= 11 is 3.25. The number of hydrogen-bond donors (Lipinski definition) is 1. The number of piperazine rings is 1. The molecule has 0 bridgehead atoms. The lowest BCUT2D eigenvalue weighted by Crippen LogP contribution is -2.50. The van der Waals surface area contributed by atoms with Gasteiger partial charge in [-0.2, -0.15) is 0 Å². The van der Waals surface area contributed by atoms with Crippen LogP contribution in [0.2, 0.25) is 0 Å². The highest BCUT2D eigenvalue weighted by molar-refractivity contribution is 9.10. The van der Waals surface area contributed by atoms with E-state index in [0.717, 1.165) is 32.1 Å². The third kappa shape index (κ3) is 6.01. The Bertz CT molecular complexity index is 686. The molecule has 7 heteroatoms. The lowest BCUT2D eigenvalue weighted by atomic mass is 9.89. The van der Waals surface area contributed by atoms with Gasteiger partial charge in [0.15, 0.2) is 0 Å². The minimum absolute atomic E-state index is 0.0657. The zero-order valence-electron chi connectivity index (χ0n) is 16.3. The second kappa shape index (κ2) is 10.3. The molecule has 0 radical (unpaired) electrons. The maximum Gasteiger partial charge on any atom is 0.252 e. The number of rotatable bonds is 6. The molecule has 0 unspecified atom stereocenters. The maximum atomic E-state index is 13.3. The molecule has 1 saturated heterocycles. The predicted molar refractivity (Wildman–Crippen MR) is 111 cm³/mol. The number of carbonyl (C=O) groups excluding carboxylic acids is 2. The normalized spacial score (nSPS) is 18.9. The van der Waals surface area contributed by atoms with Crippen LogP contribution >= 0.6 is 15.9 Å². The molecule has 0 aromatic heterocycles. The zero-order valence-corrected chi connectivity index (χ0v) is 17.8. The second-order valence-corrected chi connectivity index (χ2v) is 8.67. The van der Waals surface area contributed by atoms with Gasteiger partial charge in [-0.05, 0) is 52.9 Å². The highest BCUT2D eigenvalue weighted by atomic mass is 79.9. The lowest BCUT2D eigenvalue weighted by molar-refractivity contribution is -0.132. The van der Waals surface area contributed by atoms with E-state index in [4.69, 9.17) is 0 Å². The smallest absolute Gasteiger partial charge is 0.252 e. The third-order valence-corrected chi connectivity index (χ3v) is 6.46. The number of benzene rings is 1. The molecule has 1 aliphatic carbocycles. The van der Waals surface area contributed by atoms with Gasteiger partial charge in [-0.15, -0.1) is 0 Å². The average Bonchev–Trinajstić information content (AvgIpc) is 2.71. The van der Waals surface area contributed by atoms with Crippen molar-refractivity contribution in [3.05, 3.63) is 34.1 Å². The Morgan fingerprint density at radius 1 is 1.11 bits per heavy atom. The highest BCUT2D eigenvalue weighted by Crippen LogP contribution is 2.24. The van der Waals surface area contributed by atoms with Gasteiger partial charge in [0, 0.05) is 50.2 Å². The molecule has 2 fully saturated rings. The van der Waals surface area contributed by atoms with Gasteiger partial charge in [0.25, 0.3) is 5.91 Å². The summed E-state index contributed by atoms with van der Waals surface area (Å²) in [6.45, 7) is 4.81. The molecule has 1 heterocycles.